The summed E-state index contributed by atoms with van der Waals surface area (Å²) in [5.74, 6) is 0.751. The van der Waals surface area contributed by atoms with Gasteiger partial charge in [-0.05, 0) is 37.9 Å². The Labute approximate surface area is 225 Å². The summed E-state index contributed by atoms with van der Waals surface area (Å²) >= 11 is 6.88. The minimum absolute atomic E-state index is 0.0764. The summed E-state index contributed by atoms with van der Waals surface area (Å²) in [4.78, 5) is 33.7. The number of hydrogen-bond donors (Lipinski definition) is 0. The quantitative estimate of drug-likeness (QED) is 0.233. The van der Waals surface area contributed by atoms with E-state index in [2.05, 4.69) is 36.6 Å². The van der Waals surface area contributed by atoms with Gasteiger partial charge in [-0.2, -0.15) is 5.26 Å². The monoisotopic (exact) mass is 529 g/mol. The van der Waals surface area contributed by atoms with Crippen molar-refractivity contribution in [3.8, 4) is 6.07 Å². The van der Waals surface area contributed by atoms with Gasteiger partial charge in [-0.15, -0.1) is 0 Å². The molecule has 3 heterocycles. The van der Waals surface area contributed by atoms with Crippen LogP contribution >= 0.6 is 24.0 Å². The number of carbonyl (C=O) groups is 1. The maximum atomic E-state index is 13.4. The van der Waals surface area contributed by atoms with Gasteiger partial charge >= 0.3 is 0 Å². The molecule has 0 aromatic carbocycles. The van der Waals surface area contributed by atoms with E-state index >= 15 is 0 Å². The normalized spacial score (nSPS) is 17.9. The lowest BCUT2D eigenvalue weighted by molar-refractivity contribution is -0.122. The number of thiocarbonyl (C=S) groups is 1. The molecule has 2 fully saturated rings. The van der Waals surface area contributed by atoms with Crippen LogP contribution in [-0.2, 0) is 11.3 Å². The highest BCUT2D eigenvalue weighted by atomic mass is 32.2. The molecule has 7 nitrogen and oxygen atoms in total. The zero-order valence-corrected chi connectivity index (χ0v) is 23.8. The van der Waals surface area contributed by atoms with Crippen LogP contribution in [0.3, 0.4) is 0 Å². The largest absolute Gasteiger partial charge is 0.355 e. The van der Waals surface area contributed by atoms with Crippen LogP contribution in [0.5, 0.6) is 0 Å². The maximum absolute atomic E-state index is 13.4. The van der Waals surface area contributed by atoms with Crippen LogP contribution in [0.4, 0.5) is 5.82 Å². The van der Waals surface area contributed by atoms with Gasteiger partial charge in [-0.25, -0.2) is 0 Å². The molecule has 2 aliphatic heterocycles. The van der Waals surface area contributed by atoms with Crippen LogP contribution in [0.15, 0.2) is 9.70 Å². The van der Waals surface area contributed by atoms with E-state index in [1.807, 2.05) is 13.0 Å². The van der Waals surface area contributed by atoms with Crippen molar-refractivity contribution in [1.29, 1.82) is 5.26 Å². The lowest BCUT2D eigenvalue weighted by Gasteiger charge is -2.37. The molecule has 1 aromatic heterocycles. The lowest BCUT2D eigenvalue weighted by Crippen LogP contribution is -2.48. The van der Waals surface area contributed by atoms with Crippen molar-refractivity contribution in [2.24, 2.45) is 0 Å². The molecular formula is C27H39N5O2S2. The van der Waals surface area contributed by atoms with Crippen LogP contribution in [0.2, 0.25) is 0 Å². The van der Waals surface area contributed by atoms with Crippen LogP contribution in [0.1, 0.15) is 76.0 Å². The minimum atomic E-state index is -0.239. The molecule has 3 rings (SSSR count). The van der Waals surface area contributed by atoms with Gasteiger partial charge in [0.2, 0.25) is 0 Å². The second-order valence-electron chi connectivity index (χ2n) is 9.47. The molecule has 9 heteroatoms. The summed E-state index contributed by atoms with van der Waals surface area (Å²) < 4.78 is 2.35. The number of carbonyl (C=O) groups excluding carboxylic acids is 1. The zero-order valence-electron chi connectivity index (χ0n) is 22.1. The molecule has 1 aromatic rings. The van der Waals surface area contributed by atoms with Gasteiger partial charge < -0.3 is 9.80 Å². The first-order chi connectivity index (χ1) is 17.4. The van der Waals surface area contributed by atoms with Gasteiger partial charge in [0.1, 0.15) is 21.8 Å². The topological polar surface area (TPSA) is 72.6 Å². The third kappa shape index (κ3) is 6.21. The fourth-order valence-electron chi connectivity index (χ4n) is 4.80. The van der Waals surface area contributed by atoms with Gasteiger partial charge in [-0.3, -0.25) is 19.1 Å². The molecule has 0 spiro atoms. The number of piperazine rings is 1. The number of amides is 1. The SMILES string of the molecule is CCCCCCN1C(=O)/C(=C/c2c(C)c(C#N)c(=O)n(CCCC)c2N2CCN(CC)CC2)SC1=S. The van der Waals surface area contributed by atoms with Crippen LogP contribution in [0.25, 0.3) is 6.08 Å². The van der Waals surface area contributed by atoms with Crippen molar-refractivity contribution in [2.45, 2.75) is 72.8 Å². The molecule has 0 saturated carbocycles. The first kappa shape index (κ1) is 28.4. The van der Waals surface area contributed by atoms with Gasteiger partial charge in [0.05, 0.1) is 4.91 Å². The molecule has 0 N–H and O–H groups in total. The maximum Gasteiger partial charge on any atom is 0.270 e. The summed E-state index contributed by atoms with van der Waals surface area (Å²) in [5.41, 5.74) is 1.34. The Morgan fingerprint density at radius 3 is 2.31 bits per heavy atom. The van der Waals surface area contributed by atoms with Crippen molar-refractivity contribution < 1.29 is 4.79 Å². The predicted octanol–water partition coefficient (Wildman–Crippen LogP) is 4.75. The van der Waals surface area contributed by atoms with E-state index in [0.29, 0.717) is 27.9 Å². The highest BCUT2D eigenvalue weighted by Gasteiger charge is 2.33. The third-order valence-electron chi connectivity index (χ3n) is 7.09. The summed E-state index contributed by atoms with van der Waals surface area (Å²) in [7, 11) is 0. The Morgan fingerprint density at radius 2 is 1.69 bits per heavy atom. The van der Waals surface area contributed by atoms with Crippen molar-refractivity contribution in [3.63, 3.8) is 0 Å². The number of nitriles is 1. The Balaban J connectivity index is 2.08. The second-order valence-corrected chi connectivity index (χ2v) is 11.2. The number of anilines is 1. The molecule has 0 aliphatic carbocycles. The van der Waals surface area contributed by atoms with Crippen LogP contribution in [0, 0.1) is 18.3 Å². The standard InChI is InChI=1S/C27H39N5O2S2/c1-5-8-10-11-13-32-26(34)23(36-27(32)35)18-21-20(4)22(19-28)25(33)31(12-9-6-2)24(21)30-16-14-29(7-3)15-17-30/h18H,5-17H2,1-4H3/b23-18-. The van der Waals surface area contributed by atoms with Gasteiger partial charge in [-0.1, -0.05) is 70.4 Å². The molecule has 0 atom stereocenters. The first-order valence-electron chi connectivity index (χ1n) is 13.3. The molecule has 0 unspecified atom stereocenters. The van der Waals surface area contributed by atoms with E-state index in [4.69, 9.17) is 12.2 Å². The highest BCUT2D eigenvalue weighted by molar-refractivity contribution is 8.26. The molecule has 36 heavy (non-hydrogen) atoms. The predicted molar refractivity (Wildman–Crippen MR) is 153 cm³/mol. The summed E-state index contributed by atoms with van der Waals surface area (Å²) in [5, 5.41) is 9.87. The van der Waals surface area contributed by atoms with E-state index in [1.54, 1.807) is 9.47 Å². The molecule has 2 aliphatic rings. The van der Waals surface area contributed by atoms with E-state index in [9.17, 15) is 14.9 Å². The smallest absolute Gasteiger partial charge is 0.270 e. The number of likely N-dealkylation sites (N-methyl/N-ethyl adjacent to an activating group) is 1. The number of rotatable bonds is 11. The molecular weight excluding hydrogens is 490 g/mol. The van der Waals surface area contributed by atoms with E-state index in [0.717, 1.165) is 82.6 Å². The first-order valence-corrected chi connectivity index (χ1v) is 14.5. The lowest BCUT2D eigenvalue weighted by atomic mass is 10.0. The number of thioether (sulfide) groups is 1. The van der Waals surface area contributed by atoms with E-state index < -0.39 is 0 Å². The summed E-state index contributed by atoms with van der Waals surface area (Å²) in [6.45, 7) is 13.8. The summed E-state index contributed by atoms with van der Waals surface area (Å²) in [6, 6.07) is 2.14. The Bertz CT molecular complexity index is 1100. The molecule has 0 bridgehead atoms. The molecule has 1 amide bonds. The van der Waals surface area contributed by atoms with Crippen molar-refractivity contribution in [3.05, 3.63) is 31.9 Å². The molecule has 0 radical (unpaired) electrons. The molecule has 2 saturated heterocycles. The molecule has 196 valence electrons. The Kier molecular flexibility index (Phi) is 10.6. The van der Waals surface area contributed by atoms with Crippen molar-refractivity contribution in [2.75, 3.05) is 44.2 Å². The van der Waals surface area contributed by atoms with Gasteiger partial charge in [0.15, 0.2) is 0 Å². The Morgan fingerprint density at radius 1 is 1.00 bits per heavy atom. The number of nitrogens with zero attached hydrogens (tertiary/aromatic N) is 5. The summed E-state index contributed by atoms with van der Waals surface area (Å²) in [6.07, 6.45) is 7.96. The van der Waals surface area contributed by atoms with Gasteiger partial charge in [0, 0.05) is 44.8 Å². The second kappa shape index (κ2) is 13.4. The van der Waals surface area contributed by atoms with E-state index in [1.165, 1.54) is 11.8 Å². The fourth-order valence-corrected chi connectivity index (χ4v) is 6.10. The third-order valence-corrected chi connectivity index (χ3v) is 8.46. The van der Waals surface area contributed by atoms with Crippen molar-refractivity contribution >= 4 is 46.1 Å². The average molecular weight is 530 g/mol. The average Bonchev–Trinajstić information content (AvgIpc) is 3.15. The number of hydrogen-bond acceptors (Lipinski definition) is 7. The number of unbranched alkanes of at least 4 members (excludes halogenated alkanes) is 4. The Hall–Kier alpha value is -2.15. The minimum Gasteiger partial charge on any atom is -0.355 e. The number of aromatic nitrogens is 1. The van der Waals surface area contributed by atoms with Crippen molar-refractivity contribution in [1.82, 2.24) is 14.4 Å². The van der Waals surface area contributed by atoms with E-state index in [-0.39, 0.29) is 17.0 Å². The zero-order chi connectivity index (χ0) is 26.2. The van der Waals surface area contributed by atoms with Crippen LogP contribution in [-0.4, -0.2) is 63.9 Å². The van der Waals surface area contributed by atoms with Crippen LogP contribution < -0.4 is 10.5 Å². The number of pyridine rings is 1. The highest BCUT2D eigenvalue weighted by Crippen LogP contribution is 2.36. The fraction of sp³-hybridized carbons (Fsp3) is 0.630. The van der Waals surface area contributed by atoms with Gasteiger partial charge in [0.25, 0.3) is 11.5 Å².